The average molecular weight is 517 g/mol. The topological polar surface area (TPSA) is 109 Å². The summed E-state index contributed by atoms with van der Waals surface area (Å²) in [4.78, 5) is 43.6. The van der Waals surface area contributed by atoms with Crippen molar-refractivity contribution >= 4 is 35.2 Å². The minimum atomic E-state index is -1.44. The third kappa shape index (κ3) is 7.25. The van der Waals surface area contributed by atoms with Gasteiger partial charge in [0.1, 0.15) is 29.6 Å². The molecule has 0 radical (unpaired) electrons. The zero-order valence-electron chi connectivity index (χ0n) is 21.4. The van der Waals surface area contributed by atoms with Gasteiger partial charge in [0.05, 0.1) is 25.0 Å². The van der Waals surface area contributed by atoms with E-state index in [1.165, 1.54) is 12.0 Å². The molecule has 1 aliphatic heterocycles. The second-order valence-corrected chi connectivity index (χ2v) is 9.75. The third-order valence-electron chi connectivity index (χ3n) is 5.37. The van der Waals surface area contributed by atoms with E-state index in [9.17, 15) is 23.2 Å². The number of nitrogens with zero attached hydrogens (tertiary/aromatic N) is 2. The number of rotatable bonds is 7. The lowest BCUT2D eigenvalue weighted by Crippen LogP contribution is -2.46. The Balaban J connectivity index is 1.88. The van der Waals surface area contributed by atoms with E-state index in [-0.39, 0.29) is 30.9 Å². The van der Waals surface area contributed by atoms with Gasteiger partial charge in [-0.3, -0.25) is 19.5 Å². The van der Waals surface area contributed by atoms with Gasteiger partial charge in [-0.15, -0.1) is 0 Å². The molecular weight excluding hydrogens is 486 g/mol. The number of esters is 1. The minimum absolute atomic E-state index is 0.103. The predicted molar refractivity (Wildman–Crippen MR) is 134 cm³/mol. The van der Waals surface area contributed by atoms with Crippen LogP contribution in [0.25, 0.3) is 0 Å². The number of aliphatic imine (C=N–C) groups is 1. The van der Waals surface area contributed by atoms with E-state index in [1.807, 2.05) is 0 Å². The Morgan fingerprint density at radius 1 is 1.08 bits per heavy atom. The summed E-state index contributed by atoms with van der Waals surface area (Å²) in [6, 6.07) is 9.77. The summed E-state index contributed by atoms with van der Waals surface area (Å²) in [7, 11) is 1.27. The molecule has 1 atom stereocenters. The molecule has 198 valence electrons. The molecule has 0 saturated carbocycles. The molecule has 2 aromatic carbocycles. The van der Waals surface area contributed by atoms with Crippen LogP contribution in [-0.2, 0) is 25.5 Å². The van der Waals surface area contributed by atoms with Crippen LogP contribution in [0.2, 0.25) is 0 Å². The van der Waals surface area contributed by atoms with Crippen molar-refractivity contribution in [3.8, 4) is 0 Å². The Morgan fingerprint density at radius 3 is 2.30 bits per heavy atom. The van der Waals surface area contributed by atoms with E-state index in [2.05, 4.69) is 20.4 Å². The molecule has 0 saturated heterocycles. The van der Waals surface area contributed by atoms with Crippen LogP contribution < -0.4 is 10.6 Å². The third-order valence-corrected chi connectivity index (χ3v) is 5.37. The van der Waals surface area contributed by atoms with Crippen LogP contribution in [0.15, 0.2) is 47.5 Å². The van der Waals surface area contributed by atoms with Crippen molar-refractivity contribution in [2.24, 2.45) is 4.99 Å². The number of hydrogen-bond donors (Lipinski definition) is 2. The Labute approximate surface area is 213 Å². The molecule has 0 fully saturated rings. The summed E-state index contributed by atoms with van der Waals surface area (Å²) < 4.78 is 37.7. The molecule has 1 heterocycles. The number of para-hydroxylation sites is 2. The highest BCUT2D eigenvalue weighted by molar-refractivity contribution is 6.07. The predicted octanol–water partition coefficient (Wildman–Crippen LogP) is 4.14. The maximum atomic E-state index is 13.8. The molecule has 9 nitrogen and oxygen atoms in total. The normalized spacial score (nSPS) is 17.2. The van der Waals surface area contributed by atoms with Crippen molar-refractivity contribution < 1.29 is 32.6 Å². The zero-order chi connectivity index (χ0) is 27.4. The molecule has 2 N–H and O–H groups in total. The van der Waals surface area contributed by atoms with E-state index in [4.69, 9.17) is 4.74 Å². The molecule has 0 spiro atoms. The van der Waals surface area contributed by atoms with Crippen LogP contribution in [0, 0.1) is 11.6 Å². The molecule has 2 amide bonds. The van der Waals surface area contributed by atoms with E-state index in [0.717, 1.165) is 18.2 Å². The maximum Gasteiger partial charge on any atom is 0.415 e. The lowest BCUT2D eigenvalue weighted by molar-refractivity contribution is -0.138. The van der Waals surface area contributed by atoms with Gasteiger partial charge < -0.3 is 20.1 Å². The number of halogens is 2. The second kappa shape index (κ2) is 10.9. The molecule has 0 bridgehead atoms. The van der Waals surface area contributed by atoms with Crippen molar-refractivity contribution in [3.63, 3.8) is 0 Å². The molecule has 1 unspecified atom stereocenters. The van der Waals surface area contributed by atoms with E-state index in [1.54, 1.807) is 52.0 Å². The molecule has 0 aliphatic carbocycles. The fourth-order valence-electron chi connectivity index (χ4n) is 3.66. The second-order valence-electron chi connectivity index (χ2n) is 9.75. The van der Waals surface area contributed by atoms with Crippen LogP contribution in [-0.4, -0.2) is 60.0 Å². The summed E-state index contributed by atoms with van der Waals surface area (Å²) in [5, 5.41) is 5.68. The zero-order valence-corrected chi connectivity index (χ0v) is 21.4. The van der Waals surface area contributed by atoms with Gasteiger partial charge in [-0.25, -0.2) is 13.6 Å². The van der Waals surface area contributed by atoms with Crippen molar-refractivity contribution in [3.05, 3.63) is 59.7 Å². The number of carbonyl (C=O) groups is 3. The molecular formula is C26H30F2N4O5. The van der Waals surface area contributed by atoms with Crippen LogP contribution in [0.1, 0.15) is 33.3 Å². The lowest BCUT2D eigenvalue weighted by atomic mass is 10.0. The number of hydrogen-bond acceptors (Lipinski definition) is 7. The Morgan fingerprint density at radius 2 is 1.70 bits per heavy atom. The first kappa shape index (κ1) is 27.6. The van der Waals surface area contributed by atoms with E-state index < -0.39 is 40.7 Å². The number of benzene rings is 2. The van der Waals surface area contributed by atoms with E-state index >= 15 is 0 Å². The van der Waals surface area contributed by atoms with Gasteiger partial charge in [-0.1, -0.05) is 12.1 Å². The van der Waals surface area contributed by atoms with Gasteiger partial charge in [0, 0.05) is 12.5 Å². The minimum Gasteiger partial charge on any atom is -0.468 e. The highest BCUT2D eigenvalue weighted by atomic mass is 19.1. The van der Waals surface area contributed by atoms with Crippen molar-refractivity contribution in [1.29, 1.82) is 0 Å². The maximum absolute atomic E-state index is 13.8. The van der Waals surface area contributed by atoms with Crippen LogP contribution in [0.3, 0.4) is 0 Å². The van der Waals surface area contributed by atoms with Gasteiger partial charge in [0.2, 0.25) is 0 Å². The first-order chi connectivity index (χ1) is 17.3. The number of ether oxygens (including phenoxy) is 2. The summed E-state index contributed by atoms with van der Waals surface area (Å²) in [5.74, 6) is -2.43. The summed E-state index contributed by atoms with van der Waals surface area (Å²) in [6.45, 7) is 6.37. The largest absolute Gasteiger partial charge is 0.468 e. The van der Waals surface area contributed by atoms with Crippen LogP contribution in [0.4, 0.5) is 25.0 Å². The first-order valence-electron chi connectivity index (χ1n) is 11.5. The summed E-state index contributed by atoms with van der Waals surface area (Å²) in [6.07, 6.45) is -0.839. The monoisotopic (exact) mass is 516 g/mol. The highest BCUT2D eigenvalue weighted by Crippen LogP contribution is 2.29. The van der Waals surface area contributed by atoms with Gasteiger partial charge >= 0.3 is 12.1 Å². The lowest BCUT2D eigenvalue weighted by Gasteiger charge is -2.27. The average Bonchev–Trinajstić information content (AvgIpc) is 3.14. The number of anilines is 2. The van der Waals surface area contributed by atoms with Crippen LogP contribution in [0.5, 0.6) is 0 Å². The number of methoxy groups -OCH3 is 1. The number of carbonyl (C=O) groups excluding carboxylic acids is 3. The van der Waals surface area contributed by atoms with Crippen LogP contribution >= 0.6 is 0 Å². The van der Waals surface area contributed by atoms with Gasteiger partial charge in [0.25, 0.3) is 5.91 Å². The fraction of sp³-hybridized carbons (Fsp3) is 0.385. The van der Waals surface area contributed by atoms with E-state index in [0.29, 0.717) is 11.4 Å². The standard InChI is InChI=1S/C26H30F2N4O5/c1-25(2,3)37-24(35)32-15-26(4,31-21(32)12-16-10-17(27)13-18(28)11-16)23(34)30-20-9-7-6-8-19(20)29-14-22(33)36-5/h6-11,13,29H,12,14-15H2,1-5H3,(H,30,34). The Kier molecular flexibility index (Phi) is 8.15. The molecule has 2 aromatic rings. The van der Waals surface area contributed by atoms with Crippen molar-refractivity contribution in [2.45, 2.75) is 45.3 Å². The molecule has 1 aliphatic rings. The Hall–Kier alpha value is -4.02. The molecule has 37 heavy (non-hydrogen) atoms. The van der Waals surface area contributed by atoms with Gasteiger partial charge in [-0.2, -0.15) is 0 Å². The quantitative estimate of drug-likeness (QED) is 0.536. The molecule has 11 heteroatoms. The molecule has 3 rings (SSSR count). The SMILES string of the molecule is COC(=O)CNc1ccccc1NC(=O)C1(C)CN(C(=O)OC(C)(C)C)C(Cc2cc(F)cc(F)c2)=N1. The van der Waals surface area contributed by atoms with Crippen molar-refractivity contribution in [2.75, 3.05) is 30.8 Å². The fourth-order valence-corrected chi connectivity index (χ4v) is 3.66. The molecule has 0 aromatic heterocycles. The number of nitrogens with one attached hydrogen (secondary N) is 2. The Bertz CT molecular complexity index is 1210. The first-order valence-corrected chi connectivity index (χ1v) is 11.5. The summed E-state index contributed by atoms with van der Waals surface area (Å²) >= 11 is 0. The van der Waals surface area contributed by atoms with Crippen molar-refractivity contribution in [1.82, 2.24) is 4.90 Å². The smallest absolute Gasteiger partial charge is 0.415 e. The van der Waals surface area contributed by atoms with Gasteiger partial charge in [-0.05, 0) is 57.5 Å². The van der Waals surface area contributed by atoms with Gasteiger partial charge in [0.15, 0.2) is 5.54 Å². The highest BCUT2D eigenvalue weighted by Gasteiger charge is 2.45. The number of amidine groups is 1. The number of amides is 2. The summed E-state index contributed by atoms with van der Waals surface area (Å²) in [5.41, 5.74) is -1.15.